The maximum atomic E-state index is 4.73. The van der Waals surface area contributed by atoms with Crippen LogP contribution >= 0.6 is 0 Å². The minimum absolute atomic E-state index is 0.651. The Morgan fingerprint density at radius 1 is 1.39 bits per heavy atom. The summed E-state index contributed by atoms with van der Waals surface area (Å²) in [5.74, 6) is 1.05. The standard InChI is InChI=1S/C14H24N4/c1-3-7-15-9-12-10-16-11-14(17-12)18-8-5-6-13(18)4-2/h10-11,13,15H,3-9H2,1-2H3. The van der Waals surface area contributed by atoms with Crippen molar-refractivity contribution >= 4 is 5.82 Å². The Bertz CT molecular complexity index is 367. The van der Waals surface area contributed by atoms with Crippen LogP contribution in [0.4, 0.5) is 5.82 Å². The predicted molar refractivity (Wildman–Crippen MR) is 74.7 cm³/mol. The van der Waals surface area contributed by atoms with Crippen molar-refractivity contribution in [1.82, 2.24) is 15.3 Å². The number of aromatic nitrogens is 2. The molecule has 0 aromatic carbocycles. The molecule has 1 aliphatic heterocycles. The van der Waals surface area contributed by atoms with Gasteiger partial charge in [-0.25, -0.2) is 4.98 Å². The summed E-state index contributed by atoms with van der Waals surface area (Å²) in [4.78, 5) is 11.5. The fraction of sp³-hybridized carbons (Fsp3) is 0.714. The quantitative estimate of drug-likeness (QED) is 0.785. The van der Waals surface area contributed by atoms with Crippen molar-refractivity contribution in [3.8, 4) is 0 Å². The normalized spacial score (nSPS) is 19.4. The minimum atomic E-state index is 0.651. The zero-order valence-corrected chi connectivity index (χ0v) is 11.5. The predicted octanol–water partition coefficient (Wildman–Crippen LogP) is 2.36. The van der Waals surface area contributed by atoms with Crippen LogP contribution in [0.15, 0.2) is 12.4 Å². The summed E-state index contributed by atoms with van der Waals surface area (Å²) in [5.41, 5.74) is 1.04. The SMILES string of the molecule is CCCNCc1cncc(N2CCCC2CC)n1. The van der Waals surface area contributed by atoms with Crippen LogP contribution in [0, 0.1) is 0 Å². The number of rotatable bonds is 6. The van der Waals surface area contributed by atoms with E-state index in [1.165, 1.54) is 19.3 Å². The van der Waals surface area contributed by atoms with Gasteiger partial charge in [-0.15, -0.1) is 0 Å². The Morgan fingerprint density at radius 3 is 3.06 bits per heavy atom. The molecule has 2 heterocycles. The molecule has 0 saturated carbocycles. The van der Waals surface area contributed by atoms with E-state index in [4.69, 9.17) is 4.98 Å². The maximum Gasteiger partial charge on any atom is 0.147 e. The van der Waals surface area contributed by atoms with Gasteiger partial charge >= 0.3 is 0 Å². The molecule has 0 aliphatic carbocycles. The van der Waals surface area contributed by atoms with Crippen LogP contribution in [0.2, 0.25) is 0 Å². The van der Waals surface area contributed by atoms with E-state index in [1.807, 2.05) is 12.4 Å². The van der Waals surface area contributed by atoms with Crippen LogP contribution in [0.3, 0.4) is 0 Å². The van der Waals surface area contributed by atoms with E-state index in [1.54, 1.807) is 0 Å². The third-order valence-corrected chi connectivity index (χ3v) is 3.55. The molecule has 4 nitrogen and oxygen atoms in total. The van der Waals surface area contributed by atoms with Crippen LogP contribution < -0.4 is 10.2 Å². The van der Waals surface area contributed by atoms with Crippen LogP contribution in [0.1, 0.15) is 45.2 Å². The zero-order chi connectivity index (χ0) is 12.8. The van der Waals surface area contributed by atoms with Gasteiger partial charge < -0.3 is 10.2 Å². The second-order valence-corrected chi connectivity index (χ2v) is 4.94. The minimum Gasteiger partial charge on any atom is -0.352 e. The Balaban J connectivity index is 2.02. The lowest BCUT2D eigenvalue weighted by molar-refractivity contribution is 0.632. The molecule has 1 aromatic heterocycles. The number of anilines is 1. The molecule has 0 bridgehead atoms. The summed E-state index contributed by atoms with van der Waals surface area (Å²) < 4.78 is 0. The van der Waals surface area contributed by atoms with E-state index >= 15 is 0 Å². The van der Waals surface area contributed by atoms with Crippen molar-refractivity contribution in [3.63, 3.8) is 0 Å². The fourth-order valence-electron chi connectivity index (χ4n) is 2.57. The first-order valence-electron chi connectivity index (χ1n) is 7.13. The van der Waals surface area contributed by atoms with Gasteiger partial charge in [0.1, 0.15) is 5.82 Å². The van der Waals surface area contributed by atoms with Gasteiger partial charge in [-0.2, -0.15) is 0 Å². The first-order chi connectivity index (χ1) is 8.85. The highest BCUT2D eigenvalue weighted by molar-refractivity contribution is 5.39. The third-order valence-electron chi connectivity index (χ3n) is 3.55. The van der Waals surface area contributed by atoms with Crippen LogP contribution in [0.5, 0.6) is 0 Å². The average molecular weight is 248 g/mol. The van der Waals surface area contributed by atoms with Gasteiger partial charge in [0.05, 0.1) is 11.9 Å². The van der Waals surface area contributed by atoms with E-state index in [2.05, 4.69) is 29.0 Å². The monoisotopic (exact) mass is 248 g/mol. The molecule has 18 heavy (non-hydrogen) atoms. The van der Waals surface area contributed by atoms with E-state index in [0.717, 1.165) is 37.6 Å². The largest absolute Gasteiger partial charge is 0.352 e. The lowest BCUT2D eigenvalue weighted by Gasteiger charge is -2.24. The van der Waals surface area contributed by atoms with E-state index < -0.39 is 0 Å². The summed E-state index contributed by atoms with van der Waals surface area (Å²) >= 11 is 0. The molecule has 0 radical (unpaired) electrons. The topological polar surface area (TPSA) is 41.1 Å². The van der Waals surface area contributed by atoms with Crippen molar-refractivity contribution in [2.75, 3.05) is 18.0 Å². The fourth-order valence-corrected chi connectivity index (χ4v) is 2.57. The summed E-state index contributed by atoms with van der Waals surface area (Å²) in [6, 6.07) is 0.651. The highest BCUT2D eigenvalue weighted by atomic mass is 15.2. The van der Waals surface area contributed by atoms with Crippen molar-refractivity contribution < 1.29 is 0 Å². The molecule has 2 rings (SSSR count). The van der Waals surface area contributed by atoms with Gasteiger partial charge in [0.2, 0.25) is 0 Å². The lowest BCUT2D eigenvalue weighted by Crippen LogP contribution is -2.29. The second kappa shape index (κ2) is 6.69. The molecule has 1 unspecified atom stereocenters. The summed E-state index contributed by atoms with van der Waals surface area (Å²) in [7, 11) is 0. The Morgan fingerprint density at radius 2 is 2.28 bits per heavy atom. The molecule has 1 aromatic rings. The van der Waals surface area contributed by atoms with E-state index in [9.17, 15) is 0 Å². The van der Waals surface area contributed by atoms with Gasteiger partial charge in [-0.05, 0) is 32.2 Å². The number of nitrogens with zero attached hydrogens (tertiary/aromatic N) is 3. The van der Waals surface area contributed by atoms with Crippen LogP contribution in [-0.2, 0) is 6.54 Å². The molecule has 1 fully saturated rings. The molecule has 0 amide bonds. The summed E-state index contributed by atoms with van der Waals surface area (Å²) in [6.07, 6.45) is 8.67. The Hall–Kier alpha value is -1.16. The molecular formula is C14H24N4. The number of hydrogen-bond acceptors (Lipinski definition) is 4. The van der Waals surface area contributed by atoms with Crippen LogP contribution in [0.25, 0.3) is 0 Å². The maximum absolute atomic E-state index is 4.73. The second-order valence-electron chi connectivity index (χ2n) is 4.94. The molecule has 1 atom stereocenters. The van der Waals surface area contributed by atoms with Gasteiger partial charge in [-0.3, -0.25) is 4.98 Å². The number of hydrogen-bond donors (Lipinski definition) is 1. The Labute approximate surface area is 110 Å². The van der Waals surface area contributed by atoms with Crippen molar-refractivity contribution in [1.29, 1.82) is 0 Å². The van der Waals surface area contributed by atoms with Crippen molar-refractivity contribution in [2.24, 2.45) is 0 Å². The molecule has 0 spiro atoms. The summed E-state index contributed by atoms with van der Waals surface area (Å²) in [5, 5.41) is 3.37. The zero-order valence-electron chi connectivity index (χ0n) is 11.5. The highest BCUT2D eigenvalue weighted by Gasteiger charge is 2.24. The number of nitrogens with one attached hydrogen (secondary N) is 1. The van der Waals surface area contributed by atoms with Crippen LogP contribution in [-0.4, -0.2) is 29.1 Å². The molecule has 1 N–H and O–H groups in total. The van der Waals surface area contributed by atoms with Crippen molar-refractivity contribution in [3.05, 3.63) is 18.1 Å². The molecule has 1 saturated heterocycles. The van der Waals surface area contributed by atoms with Gasteiger partial charge in [-0.1, -0.05) is 13.8 Å². The highest BCUT2D eigenvalue weighted by Crippen LogP contribution is 2.25. The van der Waals surface area contributed by atoms with Gasteiger partial charge in [0.15, 0.2) is 0 Å². The first kappa shape index (κ1) is 13.3. The van der Waals surface area contributed by atoms with Crippen molar-refractivity contribution in [2.45, 2.75) is 52.1 Å². The molecule has 4 heteroatoms. The molecule has 100 valence electrons. The smallest absolute Gasteiger partial charge is 0.147 e. The molecular weight excluding hydrogens is 224 g/mol. The van der Waals surface area contributed by atoms with E-state index in [0.29, 0.717) is 6.04 Å². The first-order valence-corrected chi connectivity index (χ1v) is 7.13. The molecule has 1 aliphatic rings. The third kappa shape index (κ3) is 3.19. The van der Waals surface area contributed by atoms with Gasteiger partial charge in [0.25, 0.3) is 0 Å². The average Bonchev–Trinajstić information content (AvgIpc) is 2.88. The Kier molecular flexibility index (Phi) is 4.93. The summed E-state index contributed by atoms with van der Waals surface area (Å²) in [6.45, 7) is 7.40. The lowest BCUT2D eigenvalue weighted by atomic mass is 10.2. The van der Waals surface area contributed by atoms with E-state index in [-0.39, 0.29) is 0 Å². The van der Waals surface area contributed by atoms with Gasteiger partial charge in [0, 0.05) is 25.3 Å².